The van der Waals surface area contributed by atoms with Crippen LogP contribution in [0.25, 0.3) is 22.1 Å². The number of thioether (sulfide) groups is 1. The van der Waals surface area contributed by atoms with Gasteiger partial charge in [-0.25, -0.2) is 4.98 Å². The van der Waals surface area contributed by atoms with E-state index in [9.17, 15) is 4.79 Å². The van der Waals surface area contributed by atoms with Crippen molar-refractivity contribution < 1.29 is 9.69 Å². The number of benzene rings is 1. The maximum atomic E-state index is 12.8. The summed E-state index contributed by atoms with van der Waals surface area (Å²) in [5.74, 6) is 0.167. The van der Waals surface area contributed by atoms with Crippen LogP contribution in [0.5, 0.6) is 0 Å². The minimum atomic E-state index is -0.220. The average molecular weight is 400 g/mol. The lowest BCUT2D eigenvalue weighted by Crippen LogP contribution is -3.14. The quantitative estimate of drug-likeness (QED) is 0.654. The van der Waals surface area contributed by atoms with Gasteiger partial charge < -0.3 is 14.4 Å². The predicted octanol–water partition coefficient (Wildman–Crippen LogP) is 1.23. The Hall–Kier alpha value is -2.19. The van der Waals surface area contributed by atoms with Crippen LogP contribution in [-0.2, 0) is 11.3 Å². The van der Waals surface area contributed by atoms with Gasteiger partial charge in [-0.3, -0.25) is 4.79 Å². The van der Waals surface area contributed by atoms with Crippen LogP contribution in [0.2, 0.25) is 0 Å². The third-order valence-corrected chi connectivity index (χ3v) is 6.52. The van der Waals surface area contributed by atoms with E-state index in [1.54, 1.807) is 4.90 Å². The van der Waals surface area contributed by atoms with Gasteiger partial charge in [0.15, 0.2) is 5.65 Å². The fraction of sp³-hybridized carbons (Fsp3) is 0.500. The van der Waals surface area contributed by atoms with Crippen molar-refractivity contribution >= 4 is 39.7 Å². The number of hydrogen-bond donors (Lipinski definition) is 1. The summed E-state index contributed by atoms with van der Waals surface area (Å²) in [5.41, 5.74) is 2.77. The molecule has 4 rings (SSSR count). The zero-order valence-electron chi connectivity index (χ0n) is 16.7. The molecule has 2 aromatic heterocycles. The van der Waals surface area contributed by atoms with E-state index < -0.39 is 0 Å². The zero-order chi connectivity index (χ0) is 19.7. The lowest BCUT2D eigenvalue weighted by atomic mass is 10.2. The summed E-state index contributed by atoms with van der Waals surface area (Å²) >= 11 is 1.40. The van der Waals surface area contributed by atoms with Crippen molar-refractivity contribution in [3.05, 3.63) is 24.3 Å². The molecule has 0 aliphatic carbocycles. The molecule has 8 heteroatoms. The number of aromatic nitrogens is 4. The van der Waals surface area contributed by atoms with Crippen molar-refractivity contribution in [3.8, 4) is 0 Å². The molecule has 1 aliphatic rings. The molecule has 0 unspecified atom stereocenters. The highest BCUT2D eigenvalue weighted by molar-refractivity contribution is 8.00. The first-order chi connectivity index (χ1) is 13.6. The standard InChI is InChI=1S/C20H26N6OS/c1-4-24-10-12-25(13-11-24)19(27)14(3)28-20-21-18-17(22-23-20)15-8-6-7-9-16(15)26(18)5-2/h6-9,14H,4-5,10-13H2,1-3H3/p+1/t14-/m0/s1. The van der Waals surface area contributed by atoms with Crippen molar-refractivity contribution in [1.82, 2.24) is 24.6 Å². The summed E-state index contributed by atoms with van der Waals surface area (Å²) in [6.07, 6.45) is 0. The molecule has 0 bridgehead atoms. The number of hydrogen-bond acceptors (Lipinski definition) is 5. The van der Waals surface area contributed by atoms with Crippen molar-refractivity contribution in [2.24, 2.45) is 0 Å². The number of nitrogens with zero attached hydrogens (tertiary/aromatic N) is 5. The molecule has 148 valence electrons. The smallest absolute Gasteiger partial charge is 0.236 e. The molecule has 1 fully saturated rings. The maximum absolute atomic E-state index is 12.8. The summed E-state index contributed by atoms with van der Waals surface area (Å²) < 4.78 is 2.16. The first kappa shape index (κ1) is 19.1. The fourth-order valence-electron chi connectivity index (χ4n) is 3.92. The summed E-state index contributed by atoms with van der Waals surface area (Å²) in [6, 6.07) is 8.17. The van der Waals surface area contributed by atoms with E-state index in [1.165, 1.54) is 11.8 Å². The Balaban J connectivity index is 1.54. The first-order valence-electron chi connectivity index (χ1n) is 10.0. The van der Waals surface area contributed by atoms with E-state index >= 15 is 0 Å². The highest BCUT2D eigenvalue weighted by Crippen LogP contribution is 2.28. The lowest BCUT2D eigenvalue weighted by Gasteiger charge is -2.32. The van der Waals surface area contributed by atoms with Gasteiger partial charge in [0.2, 0.25) is 11.1 Å². The minimum Gasteiger partial charge on any atom is -0.332 e. The number of aryl methyl sites for hydroxylation is 1. The van der Waals surface area contributed by atoms with Crippen LogP contribution in [0.4, 0.5) is 0 Å². The van der Waals surface area contributed by atoms with Crippen LogP contribution in [0.3, 0.4) is 0 Å². The topological polar surface area (TPSA) is 68.3 Å². The largest absolute Gasteiger partial charge is 0.332 e. The Morgan fingerprint density at radius 3 is 2.68 bits per heavy atom. The van der Waals surface area contributed by atoms with Gasteiger partial charge in [-0.2, -0.15) is 0 Å². The van der Waals surface area contributed by atoms with Gasteiger partial charge >= 0.3 is 0 Å². The molecule has 7 nitrogen and oxygen atoms in total. The van der Waals surface area contributed by atoms with Gasteiger partial charge in [0.05, 0.1) is 43.5 Å². The van der Waals surface area contributed by atoms with Crippen LogP contribution >= 0.6 is 11.8 Å². The second kappa shape index (κ2) is 8.05. The van der Waals surface area contributed by atoms with Gasteiger partial charge in [0, 0.05) is 11.9 Å². The Labute approximate surface area is 169 Å². The van der Waals surface area contributed by atoms with Gasteiger partial charge in [-0.1, -0.05) is 30.0 Å². The number of likely N-dealkylation sites (N-methyl/N-ethyl adjacent to an activating group) is 1. The van der Waals surface area contributed by atoms with Gasteiger partial charge in [0.25, 0.3) is 0 Å². The number of quaternary nitrogens is 1. The molecule has 0 saturated carbocycles. The minimum absolute atomic E-state index is 0.167. The number of amides is 1. The molecular formula is C20H27N6OS+. The Morgan fingerprint density at radius 2 is 1.96 bits per heavy atom. The van der Waals surface area contributed by atoms with E-state index in [2.05, 4.69) is 40.7 Å². The molecular weight excluding hydrogens is 372 g/mol. The molecule has 1 atom stereocenters. The molecule has 0 spiro atoms. The molecule has 3 heterocycles. The normalized spacial score (nSPS) is 16.8. The Bertz CT molecular complexity index is 995. The molecule has 1 amide bonds. The van der Waals surface area contributed by atoms with E-state index in [0.29, 0.717) is 5.16 Å². The highest BCUT2D eigenvalue weighted by atomic mass is 32.2. The van der Waals surface area contributed by atoms with Crippen LogP contribution in [0.1, 0.15) is 20.8 Å². The molecule has 3 aromatic rings. The monoisotopic (exact) mass is 399 g/mol. The highest BCUT2D eigenvalue weighted by Gasteiger charge is 2.27. The van der Waals surface area contributed by atoms with E-state index in [-0.39, 0.29) is 11.2 Å². The zero-order valence-corrected chi connectivity index (χ0v) is 17.5. The summed E-state index contributed by atoms with van der Waals surface area (Å²) in [7, 11) is 0. The summed E-state index contributed by atoms with van der Waals surface area (Å²) in [6.45, 7) is 11.9. The van der Waals surface area contributed by atoms with Gasteiger partial charge in [-0.15, -0.1) is 10.2 Å². The maximum Gasteiger partial charge on any atom is 0.236 e. The molecule has 1 aromatic carbocycles. The van der Waals surface area contributed by atoms with Gasteiger partial charge in [0.1, 0.15) is 5.52 Å². The van der Waals surface area contributed by atoms with Crippen LogP contribution in [0.15, 0.2) is 29.4 Å². The Morgan fingerprint density at radius 1 is 1.21 bits per heavy atom. The molecule has 1 saturated heterocycles. The number of carbonyl (C=O) groups excluding carboxylic acids is 1. The van der Waals surface area contributed by atoms with Crippen LogP contribution in [-0.4, -0.2) is 68.5 Å². The molecule has 28 heavy (non-hydrogen) atoms. The van der Waals surface area contributed by atoms with Crippen molar-refractivity contribution in [2.75, 3.05) is 32.7 Å². The van der Waals surface area contributed by atoms with E-state index in [0.717, 1.165) is 61.3 Å². The Kier molecular flexibility index (Phi) is 5.50. The number of nitrogens with one attached hydrogen (secondary N) is 1. The third kappa shape index (κ3) is 3.46. The predicted molar refractivity (Wildman–Crippen MR) is 112 cm³/mol. The van der Waals surface area contributed by atoms with Gasteiger partial charge in [-0.05, 0) is 26.8 Å². The second-order valence-electron chi connectivity index (χ2n) is 7.22. The van der Waals surface area contributed by atoms with Crippen molar-refractivity contribution in [3.63, 3.8) is 0 Å². The summed E-state index contributed by atoms with van der Waals surface area (Å²) in [4.78, 5) is 21.1. The summed E-state index contributed by atoms with van der Waals surface area (Å²) in [5, 5.41) is 10.2. The van der Waals surface area contributed by atoms with E-state index in [4.69, 9.17) is 4.98 Å². The third-order valence-electron chi connectivity index (χ3n) is 5.58. The molecule has 0 radical (unpaired) electrons. The number of para-hydroxylation sites is 1. The van der Waals surface area contributed by atoms with Crippen molar-refractivity contribution in [1.29, 1.82) is 0 Å². The average Bonchev–Trinajstić information content (AvgIpc) is 3.06. The number of piperazine rings is 1. The SMILES string of the molecule is CCn1c2ccccc2c2nnc(S[C@@H](C)C(=O)N3CC[NH+](CC)CC3)nc21. The van der Waals surface area contributed by atoms with Crippen LogP contribution in [0, 0.1) is 0 Å². The van der Waals surface area contributed by atoms with Crippen LogP contribution < -0.4 is 4.90 Å². The first-order valence-corrected chi connectivity index (χ1v) is 10.9. The van der Waals surface area contributed by atoms with E-state index in [1.807, 2.05) is 24.0 Å². The number of fused-ring (bicyclic) bond motifs is 3. The number of carbonyl (C=O) groups is 1. The number of rotatable bonds is 5. The lowest BCUT2D eigenvalue weighted by molar-refractivity contribution is -0.902. The molecule has 1 N–H and O–H groups in total. The second-order valence-corrected chi connectivity index (χ2v) is 8.52. The van der Waals surface area contributed by atoms with Crippen molar-refractivity contribution in [2.45, 2.75) is 37.7 Å². The molecule has 1 aliphatic heterocycles. The fourth-order valence-corrected chi connectivity index (χ4v) is 4.72.